The van der Waals surface area contributed by atoms with Crippen LogP contribution in [0.2, 0.25) is 0 Å². The maximum atomic E-state index is 5.63. The number of nitrogens with zero attached hydrogens (tertiary/aromatic N) is 1. The molecule has 1 aliphatic carbocycles. The van der Waals surface area contributed by atoms with Gasteiger partial charge < -0.3 is 10.5 Å². The lowest BCUT2D eigenvalue weighted by Crippen LogP contribution is -2.42. The number of hydrogen-bond acceptors (Lipinski definition) is 3. The largest absolute Gasteiger partial charge is 0.383 e. The maximum Gasteiger partial charge on any atom is 0.0630 e. The third-order valence-electron chi connectivity index (χ3n) is 2.50. The van der Waals surface area contributed by atoms with Gasteiger partial charge in [0.2, 0.25) is 0 Å². The van der Waals surface area contributed by atoms with Crippen molar-refractivity contribution in [3.8, 4) is 0 Å². The lowest BCUT2D eigenvalue weighted by Gasteiger charge is -2.25. The summed E-state index contributed by atoms with van der Waals surface area (Å²) in [7, 11) is 3.86. The van der Waals surface area contributed by atoms with Crippen molar-refractivity contribution >= 4 is 0 Å². The van der Waals surface area contributed by atoms with Crippen molar-refractivity contribution in [3.05, 3.63) is 0 Å². The smallest absolute Gasteiger partial charge is 0.0630 e. The van der Waals surface area contributed by atoms with Crippen molar-refractivity contribution in [2.75, 3.05) is 33.9 Å². The van der Waals surface area contributed by atoms with Gasteiger partial charge in [0.15, 0.2) is 0 Å². The van der Waals surface area contributed by atoms with Gasteiger partial charge in [-0.2, -0.15) is 0 Å². The van der Waals surface area contributed by atoms with Crippen LogP contribution in [0.4, 0.5) is 0 Å². The molecule has 0 aromatic rings. The lowest BCUT2D eigenvalue weighted by atomic mass is 10.2. The average Bonchev–Trinajstić information content (AvgIpc) is 2.83. The zero-order valence-electron chi connectivity index (χ0n) is 8.12. The number of hydrogen-bond donors (Lipinski definition) is 1. The predicted molar refractivity (Wildman–Crippen MR) is 50.1 cm³/mol. The standard InChI is InChI=1S/C9H20N2O/c1-11(6-8-3-4-8)9(5-10)7-12-2/h8-9H,3-7,10H2,1-2H3. The van der Waals surface area contributed by atoms with Crippen molar-refractivity contribution in [2.45, 2.75) is 18.9 Å². The van der Waals surface area contributed by atoms with E-state index in [-0.39, 0.29) is 0 Å². The molecule has 1 saturated carbocycles. The van der Waals surface area contributed by atoms with E-state index in [9.17, 15) is 0 Å². The highest BCUT2D eigenvalue weighted by molar-refractivity contribution is 4.79. The number of methoxy groups -OCH3 is 1. The van der Waals surface area contributed by atoms with Crippen LogP contribution in [-0.4, -0.2) is 44.8 Å². The Morgan fingerprint density at radius 3 is 2.67 bits per heavy atom. The predicted octanol–water partition coefficient (Wildman–Crippen LogP) is 0.302. The Morgan fingerprint density at radius 2 is 2.25 bits per heavy atom. The second-order valence-electron chi connectivity index (χ2n) is 3.73. The van der Waals surface area contributed by atoms with Crippen molar-refractivity contribution in [1.82, 2.24) is 4.90 Å². The summed E-state index contributed by atoms with van der Waals surface area (Å²) in [5, 5.41) is 0. The molecule has 0 saturated heterocycles. The van der Waals surface area contributed by atoms with Gasteiger partial charge in [-0.05, 0) is 25.8 Å². The highest BCUT2D eigenvalue weighted by Gasteiger charge is 2.25. The SMILES string of the molecule is COCC(CN)N(C)CC1CC1. The fraction of sp³-hybridized carbons (Fsp3) is 1.00. The molecule has 0 amide bonds. The Hall–Kier alpha value is -0.120. The molecule has 1 atom stereocenters. The quantitative estimate of drug-likeness (QED) is 0.626. The van der Waals surface area contributed by atoms with E-state index in [0.717, 1.165) is 12.5 Å². The number of likely N-dealkylation sites (N-methyl/N-ethyl adjacent to an activating group) is 1. The van der Waals surface area contributed by atoms with E-state index in [1.165, 1.54) is 19.4 Å². The molecular formula is C9H20N2O. The summed E-state index contributed by atoms with van der Waals surface area (Å²) in [6.07, 6.45) is 2.79. The first-order valence-electron chi connectivity index (χ1n) is 4.67. The van der Waals surface area contributed by atoms with Crippen molar-refractivity contribution < 1.29 is 4.74 Å². The van der Waals surface area contributed by atoms with Crippen molar-refractivity contribution in [2.24, 2.45) is 11.7 Å². The van der Waals surface area contributed by atoms with Crippen LogP contribution in [0.15, 0.2) is 0 Å². The molecule has 3 heteroatoms. The Morgan fingerprint density at radius 1 is 1.58 bits per heavy atom. The van der Waals surface area contributed by atoms with E-state index >= 15 is 0 Å². The summed E-state index contributed by atoms with van der Waals surface area (Å²) in [6, 6.07) is 0.399. The van der Waals surface area contributed by atoms with Gasteiger partial charge in [-0.3, -0.25) is 4.90 Å². The Balaban J connectivity index is 2.19. The van der Waals surface area contributed by atoms with E-state index in [1.54, 1.807) is 7.11 Å². The first kappa shape index (κ1) is 9.96. The molecule has 1 aliphatic rings. The number of rotatable bonds is 6. The molecule has 12 heavy (non-hydrogen) atoms. The van der Waals surface area contributed by atoms with Crippen molar-refractivity contribution in [1.29, 1.82) is 0 Å². The monoisotopic (exact) mass is 172 g/mol. The van der Waals surface area contributed by atoms with E-state index in [4.69, 9.17) is 10.5 Å². The van der Waals surface area contributed by atoms with Gasteiger partial charge in [-0.25, -0.2) is 0 Å². The summed E-state index contributed by atoms with van der Waals surface area (Å²) in [5.74, 6) is 0.931. The molecule has 1 fully saturated rings. The third kappa shape index (κ3) is 3.09. The third-order valence-corrected chi connectivity index (χ3v) is 2.50. The highest BCUT2D eigenvalue weighted by Crippen LogP contribution is 2.29. The molecule has 0 spiro atoms. The first-order chi connectivity index (χ1) is 5.77. The number of ether oxygens (including phenoxy) is 1. The summed E-state index contributed by atoms with van der Waals surface area (Å²) in [6.45, 7) is 2.63. The molecule has 0 aromatic heterocycles. The summed E-state index contributed by atoms with van der Waals surface area (Å²) in [4.78, 5) is 2.32. The highest BCUT2D eigenvalue weighted by atomic mass is 16.5. The van der Waals surface area contributed by atoms with Crippen LogP contribution in [0.25, 0.3) is 0 Å². The van der Waals surface area contributed by atoms with Gasteiger partial charge >= 0.3 is 0 Å². The molecule has 2 N–H and O–H groups in total. The van der Waals surface area contributed by atoms with Crippen LogP contribution in [0.1, 0.15) is 12.8 Å². The van der Waals surface area contributed by atoms with Gasteiger partial charge in [0, 0.05) is 26.2 Å². The minimum absolute atomic E-state index is 0.399. The van der Waals surface area contributed by atoms with Gasteiger partial charge in [0.1, 0.15) is 0 Å². The molecule has 72 valence electrons. The van der Waals surface area contributed by atoms with Crippen LogP contribution in [-0.2, 0) is 4.74 Å². The molecule has 0 aromatic carbocycles. The van der Waals surface area contributed by atoms with Crippen molar-refractivity contribution in [3.63, 3.8) is 0 Å². The van der Waals surface area contributed by atoms with Crippen LogP contribution >= 0.6 is 0 Å². The topological polar surface area (TPSA) is 38.5 Å². The first-order valence-corrected chi connectivity index (χ1v) is 4.67. The zero-order valence-corrected chi connectivity index (χ0v) is 8.12. The van der Waals surface area contributed by atoms with Crippen LogP contribution in [0.3, 0.4) is 0 Å². The Kier molecular flexibility index (Phi) is 3.98. The maximum absolute atomic E-state index is 5.63. The van der Waals surface area contributed by atoms with E-state index < -0.39 is 0 Å². The molecule has 3 nitrogen and oxygen atoms in total. The molecule has 0 radical (unpaired) electrons. The second-order valence-corrected chi connectivity index (χ2v) is 3.73. The van der Waals surface area contributed by atoms with Crippen LogP contribution in [0.5, 0.6) is 0 Å². The van der Waals surface area contributed by atoms with Gasteiger partial charge in [0.05, 0.1) is 6.61 Å². The molecular weight excluding hydrogens is 152 g/mol. The van der Waals surface area contributed by atoms with Crippen LogP contribution in [0, 0.1) is 5.92 Å². The Labute approximate surface area is 74.9 Å². The average molecular weight is 172 g/mol. The van der Waals surface area contributed by atoms with Gasteiger partial charge in [-0.1, -0.05) is 0 Å². The minimum Gasteiger partial charge on any atom is -0.383 e. The lowest BCUT2D eigenvalue weighted by molar-refractivity contribution is 0.107. The molecule has 1 rings (SSSR count). The van der Waals surface area contributed by atoms with E-state index in [2.05, 4.69) is 11.9 Å². The number of nitrogens with two attached hydrogens (primary N) is 1. The van der Waals surface area contributed by atoms with Crippen LogP contribution < -0.4 is 5.73 Å². The summed E-state index contributed by atoms with van der Waals surface area (Å²) >= 11 is 0. The fourth-order valence-corrected chi connectivity index (χ4v) is 1.42. The van der Waals surface area contributed by atoms with E-state index in [1.807, 2.05) is 0 Å². The zero-order chi connectivity index (χ0) is 8.97. The second kappa shape index (κ2) is 4.80. The summed E-state index contributed by atoms with van der Waals surface area (Å²) in [5.41, 5.74) is 5.63. The molecule has 0 heterocycles. The normalized spacial score (nSPS) is 20.0. The molecule has 1 unspecified atom stereocenters. The van der Waals surface area contributed by atoms with Gasteiger partial charge in [-0.15, -0.1) is 0 Å². The minimum atomic E-state index is 0.399. The molecule has 0 aliphatic heterocycles. The Bertz CT molecular complexity index is 126. The fourth-order valence-electron chi connectivity index (χ4n) is 1.42. The summed E-state index contributed by atoms with van der Waals surface area (Å²) < 4.78 is 5.10. The molecule has 0 bridgehead atoms. The van der Waals surface area contributed by atoms with Gasteiger partial charge in [0.25, 0.3) is 0 Å². The van der Waals surface area contributed by atoms with E-state index in [0.29, 0.717) is 12.6 Å².